The molecule has 1 saturated heterocycles. The van der Waals surface area contributed by atoms with Gasteiger partial charge in [0.15, 0.2) is 0 Å². The van der Waals surface area contributed by atoms with Crippen molar-refractivity contribution in [3.63, 3.8) is 0 Å². The minimum atomic E-state index is 0.590. The Morgan fingerprint density at radius 1 is 0.833 bits per heavy atom. The summed E-state index contributed by atoms with van der Waals surface area (Å²) >= 11 is 1.82. The van der Waals surface area contributed by atoms with Gasteiger partial charge in [0.2, 0.25) is 0 Å². The Morgan fingerprint density at radius 2 is 1.33 bits per heavy atom. The van der Waals surface area contributed by atoms with Gasteiger partial charge >= 0.3 is 0 Å². The molecule has 0 amide bonds. The van der Waals surface area contributed by atoms with E-state index in [1.807, 2.05) is 25.6 Å². The van der Waals surface area contributed by atoms with E-state index in [4.69, 9.17) is 4.74 Å². The average molecular weight is 344 g/mol. The maximum absolute atomic E-state index is 5.40. The molecule has 24 heavy (non-hydrogen) atoms. The molecule has 0 saturated carbocycles. The van der Waals surface area contributed by atoms with Gasteiger partial charge in [0.05, 0.1) is 13.2 Å². The first-order chi connectivity index (χ1) is 11.7. The quantitative estimate of drug-likeness (QED) is 0.693. The van der Waals surface area contributed by atoms with Crippen LogP contribution in [0, 0.1) is 0 Å². The van der Waals surface area contributed by atoms with Gasteiger partial charge in [0, 0.05) is 28.6 Å². The van der Waals surface area contributed by atoms with Gasteiger partial charge in [-0.25, -0.2) is 0 Å². The summed E-state index contributed by atoms with van der Waals surface area (Å²) in [6, 6.07) is 17.8. The lowest BCUT2D eigenvalue weighted by Gasteiger charge is -2.28. The molecule has 2 aromatic carbocycles. The largest absolute Gasteiger partial charge is 0.378 e. The fourth-order valence-corrected chi connectivity index (χ4v) is 3.42. The Hall–Kier alpha value is -1.45. The van der Waals surface area contributed by atoms with Gasteiger partial charge in [-0.1, -0.05) is 51.6 Å². The van der Waals surface area contributed by atoms with E-state index in [0.29, 0.717) is 5.92 Å². The standard InChI is InChI=1S/C19H23NOS.C2H6/c1-15(2)16-3-7-18(8-4-16)22-19-9-5-17(6-10-19)20-11-13-21-14-12-20;1-2/h3-10,15H,11-14H2,1-2H3;1-2H3. The number of rotatable bonds is 4. The van der Waals surface area contributed by atoms with E-state index in [9.17, 15) is 0 Å². The van der Waals surface area contributed by atoms with Crippen molar-refractivity contribution < 1.29 is 4.74 Å². The van der Waals surface area contributed by atoms with Crippen molar-refractivity contribution in [1.82, 2.24) is 0 Å². The van der Waals surface area contributed by atoms with Crippen LogP contribution in [0.2, 0.25) is 0 Å². The minimum Gasteiger partial charge on any atom is -0.378 e. The van der Waals surface area contributed by atoms with Gasteiger partial charge in [0.25, 0.3) is 0 Å². The van der Waals surface area contributed by atoms with Crippen LogP contribution in [0.1, 0.15) is 39.2 Å². The molecule has 0 N–H and O–H groups in total. The predicted molar refractivity (Wildman–Crippen MR) is 105 cm³/mol. The van der Waals surface area contributed by atoms with E-state index in [1.165, 1.54) is 21.0 Å². The molecule has 1 aliphatic rings. The van der Waals surface area contributed by atoms with Gasteiger partial charge in [-0.2, -0.15) is 0 Å². The third-order valence-electron chi connectivity index (χ3n) is 4.00. The van der Waals surface area contributed by atoms with Crippen LogP contribution in [0.15, 0.2) is 58.3 Å². The summed E-state index contributed by atoms with van der Waals surface area (Å²) in [5.74, 6) is 0.590. The zero-order chi connectivity index (χ0) is 17.4. The number of nitrogens with zero attached hydrogens (tertiary/aromatic N) is 1. The summed E-state index contributed by atoms with van der Waals surface area (Å²) in [6.07, 6.45) is 0. The van der Waals surface area contributed by atoms with Crippen molar-refractivity contribution >= 4 is 17.4 Å². The number of morpholine rings is 1. The first-order valence-corrected chi connectivity index (χ1v) is 9.74. The fraction of sp³-hybridized carbons (Fsp3) is 0.429. The van der Waals surface area contributed by atoms with E-state index < -0.39 is 0 Å². The van der Waals surface area contributed by atoms with E-state index >= 15 is 0 Å². The summed E-state index contributed by atoms with van der Waals surface area (Å²) in [5, 5.41) is 0. The molecule has 2 aromatic rings. The van der Waals surface area contributed by atoms with E-state index in [0.717, 1.165) is 26.3 Å². The molecule has 1 fully saturated rings. The molecular formula is C21H29NOS. The molecule has 3 rings (SSSR count). The molecule has 0 aliphatic carbocycles. The van der Waals surface area contributed by atoms with Gasteiger partial charge in [-0.15, -0.1) is 0 Å². The molecule has 130 valence electrons. The summed E-state index contributed by atoms with van der Waals surface area (Å²) in [6.45, 7) is 12.1. The molecule has 3 heteroatoms. The van der Waals surface area contributed by atoms with Gasteiger partial charge < -0.3 is 9.64 Å². The summed E-state index contributed by atoms with van der Waals surface area (Å²) in [5.41, 5.74) is 2.69. The average Bonchev–Trinajstić information content (AvgIpc) is 2.65. The summed E-state index contributed by atoms with van der Waals surface area (Å²) < 4.78 is 5.40. The molecule has 0 radical (unpaired) electrons. The van der Waals surface area contributed by atoms with Gasteiger partial charge in [-0.3, -0.25) is 0 Å². The van der Waals surface area contributed by atoms with Crippen LogP contribution in [-0.2, 0) is 4.74 Å². The number of hydrogen-bond acceptors (Lipinski definition) is 3. The highest BCUT2D eigenvalue weighted by atomic mass is 32.2. The first kappa shape index (κ1) is 18.9. The molecule has 0 bridgehead atoms. The highest BCUT2D eigenvalue weighted by Crippen LogP contribution is 2.30. The third kappa shape index (κ3) is 5.29. The maximum atomic E-state index is 5.40. The molecule has 0 unspecified atom stereocenters. The highest BCUT2D eigenvalue weighted by Gasteiger charge is 2.10. The van der Waals surface area contributed by atoms with E-state index in [1.54, 1.807) is 0 Å². The zero-order valence-electron chi connectivity index (χ0n) is 15.3. The Bertz CT molecular complexity index is 586. The molecule has 2 nitrogen and oxygen atoms in total. The van der Waals surface area contributed by atoms with Gasteiger partial charge in [-0.05, 0) is 47.9 Å². The molecule has 0 spiro atoms. The Morgan fingerprint density at radius 3 is 1.83 bits per heavy atom. The monoisotopic (exact) mass is 343 g/mol. The van der Waals surface area contributed by atoms with Crippen molar-refractivity contribution in [2.75, 3.05) is 31.2 Å². The van der Waals surface area contributed by atoms with E-state index in [-0.39, 0.29) is 0 Å². The van der Waals surface area contributed by atoms with Crippen LogP contribution in [0.25, 0.3) is 0 Å². The van der Waals surface area contributed by atoms with Crippen LogP contribution in [-0.4, -0.2) is 26.3 Å². The first-order valence-electron chi connectivity index (χ1n) is 8.93. The molecule has 0 aromatic heterocycles. The number of anilines is 1. The Kier molecular flexibility index (Phi) is 7.67. The second kappa shape index (κ2) is 9.75. The molecule has 1 heterocycles. The number of benzene rings is 2. The van der Waals surface area contributed by atoms with E-state index in [2.05, 4.69) is 67.3 Å². The number of ether oxygens (including phenoxy) is 1. The lowest BCUT2D eigenvalue weighted by atomic mass is 10.0. The normalized spacial score (nSPS) is 14.3. The second-order valence-electron chi connectivity index (χ2n) is 5.92. The Labute approximate surface area is 151 Å². The van der Waals surface area contributed by atoms with Crippen molar-refractivity contribution in [3.05, 3.63) is 54.1 Å². The van der Waals surface area contributed by atoms with Crippen molar-refractivity contribution in [3.8, 4) is 0 Å². The lowest BCUT2D eigenvalue weighted by Crippen LogP contribution is -2.36. The number of hydrogen-bond donors (Lipinski definition) is 0. The molecule has 0 atom stereocenters. The van der Waals surface area contributed by atoms with Crippen LogP contribution in [0.4, 0.5) is 5.69 Å². The van der Waals surface area contributed by atoms with Crippen LogP contribution >= 0.6 is 11.8 Å². The highest BCUT2D eigenvalue weighted by molar-refractivity contribution is 7.99. The maximum Gasteiger partial charge on any atom is 0.0642 e. The SMILES string of the molecule is CC.CC(C)c1ccc(Sc2ccc(N3CCOCC3)cc2)cc1. The minimum absolute atomic E-state index is 0.590. The zero-order valence-corrected chi connectivity index (χ0v) is 16.1. The fourth-order valence-electron chi connectivity index (χ4n) is 2.60. The summed E-state index contributed by atoms with van der Waals surface area (Å²) in [7, 11) is 0. The summed E-state index contributed by atoms with van der Waals surface area (Å²) in [4.78, 5) is 4.97. The second-order valence-corrected chi connectivity index (χ2v) is 7.07. The smallest absolute Gasteiger partial charge is 0.0642 e. The van der Waals surface area contributed by atoms with Crippen molar-refractivity contribution in [2.45, 2.75) is 43.4 Å². The van der Waals surface area contributed by atoms with Crippen molar-refractivity contribution in [2.24, 2.45) is 0 Å². The van der Waals surface area contributed by atoms with Crippen LogP contribution < -0.4 is 4.90 Å². The predicted octanol–water partition coefficient (Wildman–Crippen LogP) is 5.82. The van der Waals surface area contributed by atoms with Gasteiger partial charge in [0.1, 0.15) is 0 Å². The Balaban J connectivity index is 0.00000100. The van der Waals surface area contributed by atoms with Crippen LogP contribution in [0.3, 0.4) is 0 Å². The van der Waals surface area contributed by atoms with Crippen molar-refractivity contribution in [1.29, 1.82) is 0 Å². The topological polar surface area (TPSA) is 12.5 Å². The molecular weight excluding hydrogens is 314 g/mol. The third-order valence-corrected chi connectivity index (χ3v) is 5.01. The van der Waals surface area contributed by atoms with Crippen LogP contribution in [0.5, 0.6) is 0 Å². The molecule has 1 aliphatic heterocycles. The lowest BCUT2D eigenvalue weighted by molar-refractivity contribution is 0.122.